The lowest BCUT2D eigenvalue weighted by Crippen LogP contribution is -2.14. The van der Waals surface area contributed by atoms with Crippen LogP contribution in [0.3, 0.4) is 0 Å². The Labute approximate surface area is 138 Å². The first-order valence-electron chi connectivity index (χ1n) is 7.91. The van der Waals surface area contributed by atoms with Crippen molar-refractivity contribution >= 4 is 22.2 Å². The molecular formula is C18H18N2O2S. The summed E-state index contributed by atoms with van der Waals surface area (Å²) < 4.78 is 0. The van der Waals surface area contributed by atoms with E-state index in [0.29, 0.717) is 5.92 Å². The molecule has 3 aromatic rings. The lowest BCUT2D eigenvalue weighted by Gasteiger charge is -2.13. The van der Waals surface area contributed by atoms with Gasteiger partial charge < -0.3 is 4.98 Å². The van der Waals surface area contributed by atoms with Crippen LogP contribution < -0.4 is 0 Å². The maximum Gasteiger partial charge on any atom is 0.215 e. The van der Waals surface area contributed by atoms with Gasteiger partial charge in [0.25, 0.3) is 0 Å². The number of H-pyrrole nitrogens is 1. The predicted octanol–water partition coefficient (Wildman–Crippen LogP) is 4.82. The fourth-order valence-electron chi connectivity index (χ4n) is 3.39. The summed E-state index contributed by atoms with van der Waals surface area (Å²) in [5.74, 6) is 0.365. The van der Waals surface area contributed by atoms with Gasteiger partial charge in [0.2, 0.25) is 6.54 Å². The first-order valence-corrected chi connectivity index (χ1v) is 8.79. The first kappa shape index (κ1) is 14.5. The zero-order chi connectivity index (χ0) is 16.0. The molecule has 5 heteroatoms. The summed E-state index contributed by atoms with van der Waals surface area (Å²) in [6, 6.07) is 10.3. The van der Waals surface area contributed by atoms with Gasteiger partial charge in [-0.15, -0.1) is 11.3 Å². The molecule has 0 amide bonds. The van der Waals surface area contributed by atoms with Crippen LogP contribution in [0, 0.1) is 17.0 Å². The van der Waals surface area contributed by atoms with E-state index >= 15 is 0 Å². The van der Waals surface area contributed by atoms with Crippen molar-refractivity contribution in [3.8, 4) is 0 Å². The van der Waals surface area contributed by atoms with Crippen LogP contribution >= 0.6 is 11.3 Å². The zero-order valence-corrected chi connectivity index (χ0v) is 13.7. The van der Waals surface area contributed by atoms with Crippen molar-refractivity contribution in [1.29, 1.82) is 0 Å². The number of rotatable bonds is 5. The number of fused-ring (bicyclic) bond motifs is 1. The average molecular weight is 326 g/mol. The Kier molecular flexibility index (Phi) is 3.45. The fourth-order valence-corrected chi connectivity index (χ4v) is 4.21. The molecule has 2 aromatic heterocycles. The van der Waals surface area contributed by atoms with Crippen LogP contribution in [-0.4, -0.2) is 16.5 Å². The van der Waals surface area contributed by atoms with E-state index in [9.17, 15) is 10.1 Å². The van der Waals surface area contributed by atoms with E-state index in [1.807, 2.05) is 17.5 Å². The Bertz CT molecular complexity index is 863. The summed E-state index contributed by atoms with van der Waals surface area (Å²) in [5, 5.41) is 14.4. The van der Waals surface area contributed by atoms with Crippen molar-refractivity contribution in [1.82, 2.24) is 4.98 Å². The second-order valence-corrected chi connectivity index (χ2v) is 7.34. The van der Waals surface area contributed by atoms with Gasteiger partial charge in [0.15, 0.2) is 0 Å². The van der Waals surface area contributed by atoms with E-state index in [4.69, 9.17) is 0 Å². The molecule has 0 radical (unpaired) electrons. The molecule has 1 aliphatic carbocycles. The normalized spacial score (nSPS) is 15.9. The Balaban J connectivity index is 1.93. The molecule has 1 aromatic carbocycles. The van der Waals surface area contributed by atoms with E-state index in [1.165, 1.54) is 24.1 Å². The van der Waals surface area contributed by atoms with Crippen LogP contribution in [-0.2, 0) is 0 Å². The Hall–Kier alpha value is -2.14. The van der Waals surface area contributed by atoms with Crippen molar-refractivity contribution in [3.63, 3.8) is 0 Å². The molecule has 1 atom stereocenters. The summed E-state index contributed by atoms with van der Waals surface area (Å²) in [6.45, 7) is 2.02. The SMILES string of the molecule is Cc1ccc2c(C(C[N+](=O)[O-])c3cccs3)c(C3CC3)[nH]c2c1. The summed E-state index contributed by atoms with van der Waals surface area (Å²) in [7, 11) is 0. The average Bonchev–Trinajstić information content (AvgIpc) is 3.08. The molecule has 4 rings (SSSR count). The van der Waals surface area contributed by atoms with E-state index in [0.717, 1.165) is 21.3 Å². The predicted molar refractivity (Wildman–Crippen MR) is 93.0 cm³/mol. The summed E-state index contributed by atoms with van der Waals surface area (Å²) in [6.07, 6.45) is 2.35. The third-order valence-corrected chi connectivity index (χ3v) is 5.56. The number of hydrogen-bond acceptors (Lipinski definition) is 3. The lowest BCUT2D eigenvalue weighted by molar-refractivity contribution is -0.481. The molecule has 0 spiro atoms. The molecule has 0 bridgehead atoms. The topological polar surface area (TPSA) is 58.9 Å². The van der Waals surface area contributed by atoms with Crippen LogP contribution in [0.25, 0.3) is 10.9 Å². The Morgan fingerprint density at radius 3 is 2.87 bits per heavy atom. The number of nitrogens with one attached hydrogen (secondary N) is 1. The third-order valence-electron chi connectivity index (χ3n) is 4.58. The Morgan fingerprint density at radius 2 is 2.22 bits per heavy atom. The molecule has 1 aliphatic rings. The number of aromatic nitrogens is 1. The van der Waals surface area contributed by atoms with Gasteiger partial charge in [-0.2, -0.15) is 0 Å². The monoisotopic (exact) mass is 326 g/mol. The van der Waals surface area contributed by atoms with E-state index in [1.54, 1.807) is 11.3 Å². The molecule has 1 N–H and O–H groups in total. The van der Waals surface area contributed by atoms with Crippen LogP contribution in [0.2, 0.25) is 0 Å². The van der Waals surface area contributed by atoms with Crippen molar-refractivity contribution in [2.75, 3.05) is 6.54 Å². The van der Waals surface area contributed by atoms with E-state index < -0.39 is 0 Å². The number of thiophene rings is 1. The molecule has 1 unspecified atom stereocenters. The van der Waals surface area contributed by atoms with E-state index in [2.05, 4.69) is 30.1 Å². The van der Waals surface area contributed by atoms with Crippen molar-refractivity contribution in [3.05, 3.63) is 67.5 Å². The quantitative estimate of drug-likeness (QED) is 0.539. The smallest absolute Gasteiger partial charge is 0.215 e. The number of aromatic amines is 1. The minimum absolute atomic E-state index is 0.0545. The fraction of sp³-hybridized carbons (Fsp3) is 0.333. The van der Waals surface area contributed by atoms with Crippen molar-refractivity contribution < 1.29 is 4.92 Å². The van der Waals surface area contributed by atoms with Gasteiger partial charge in [0.05, 0.1) is 5.92 Å². The van der Waals surface area contributed by atoms with Gasteiger partial charge in [-0.3, -0.25) is 10.1 Å². The number of hydrogen-bond donors (Lipinski definition) is 1. The number of benzene rings is 1. The maximum atomic E-state index is 11.3. The maximum absolute atomic E-state index is 11.3. The molecule has 0 aliphatic heterocycles. The van der Waals surface area contributed by atoms with Gasteiger partial charge in [-0.05, 0) is 54.3 Å². The number of nitro groups is 1. The van der Waals surface area contributed by atoms with Crippen molar-refractivity contribution in [2.24, 2.45) is 0 Å². The second kappa shape index (κ2) is 5.49. The molecule has 23 heavy (non-hydrogen) atoms. The van der Waals surface area contributed by atoms with Crippen molar-refractivity contribution in [2.45, 2.75) is 31.6 Å². The molecular weight excluding hydrogens is 308 g/mol. The minimum atomic E-state index is -0.186. The van der Waals surface area contributed by atoms with Gasteiger partial charge in [0.1, 0.15) is 0 Å². The molecule has 0 saturated heterocycles. The molecule has 118 valence electrons. The van der Waals surface area contributed by atoms with Crippen LogP contribution in [0.5, 0.6) is 0 Å². The van der Waals surface area contributed by atoms with Crippen LogP contribution in [0.15, 0.2) is 35.7 Å². The highest BCUT2D eigenvalue weighted by molar-refractivity contribution is 7.10. The van der Waals surface area contributed by atoms with E-state index in [-0.39, 0.29) is 17.4 Å². The van der Waals surface area contributed by atoms with Crippen LogP contribution in [0.4, 0.5) is 0 Å². The highest BCUT2D eigenvalue weighted by atomic mass is 32.1. The van der Waals surface area contributed by atoms with Gasteiger partial charge in [-0.1, -0.05) is 18.2 Å². The molecule has 2 heterocycles. The molecule has 4 nitrogen and oxygen atoms in total. The summed E-state index contributed by atoms with van der Waals surface area (Å²) in [5.41, 5.74) is 4.66. The van der Waals surface area contributed by atoms with Gasteiger partial charge in [0, 0.05) is 26.4 Å². The van der Waals surface area contributed by atoms with Crippen LogP contribution in [0.1, 0.15) is 46.4 Å². The highest BCUT2D eigenvalue weighted by Gasteiger charge is 2.34. The van der Waals surface area contributed by atoms with Gasteiger partial charge >= 0.3 is 0 Å². The molecule has 1 fully saturated rings. The van der Waals surface area contributed by atoms with Gasteiger partial charge in [-0.25, -0.2) is 0 Å². The summed E-state index contributed by atoms with van der Waals surface area (Å²) in [4.78, 5) is 15.7. The number of aryl methyl sites for hydroxylation is 1. The first-order chi connectivity index (χ1) is 11.1. The molecule has 1 saturated carbocycles. The third kappa shape index (κ3) is 2.65. The summed E-state index contributed by atoms with van der Waals surface area (Å²) >= 11 is 1.61. The second-order valence-electron chi connectivity index (χ2n) is 6.36. The zero-order valence-electron chi connectivity index (χ0n) is 12.9. The number of nitrogens with zero attached hydrogens (tertiary/aromatic N) is 1. The lowest BCUT2D eigenvalue weighted by atomic mass is 9.92. The largest absolute Gasteiger partial charge is 0.358 e. The Morgan fingerprint density at radius 1 is 1.39 bits per heavy atom. The standard InChI is InChI=1S/C18H18N2O2S/c1-11-4-7-13-15(9-11)19-18(12-5-6-12)17(13)14(10-20(21)22)16-3-2-8-23-16/h2-4,7-9,12,14,19H,5-6,10H2,1H3. The minimum Gasteiger partial charge on any atom is -0.358 e. The highest BCUT2D eigenvalue weighted by Crippen LogP contribution is 2.47.